The van der Waals surface area contributed by atoms with Crippen LogP contribution < -0.4 is 18.9 Å². The van der Waals surface area contributed by atoms with Gasteiger partial charge >= 0.3 is 0 Å². The summed E-state index contributed by atoms with van der Waals surface area (Å²) in [6, 6.07) is 19.7. The van der Waals surface area contributed by atoms with Gasteiger partial charge in [-0.25, -0.2) is 5.01 Å². The number of amides is 2. The molecule has 0 bridgehead atoms. The Hall–Kier alpha value is -4.61. The molecule has 0 aromatic heterocycles. The maximum absolute atomic E-state index is 14.2. The van der Waals surface area contributed by atoms with E-state index in [-0.39, 0.29) is 24.4 Å². The van der Waals surface area contributed by atoms with Gasteiger partial charge in [0.2, 0.25) is 0 Å². The van der Waals surface area contributed by atoms with Gasteiger partial charge in [-0.3, -0.25) is 14.5 Å². The zero-order valence-electron chi connectivity index (χ0n) is 26.2. The van der Waals surface area contributed by atoms with E-state index in [1.807, 2.05) is 36.4 Å². The first kappa shape index (κ1) is 31.8. The third-order valence-corrected chi connectivity index (χ3v) is 8.13. The maximum Gasteiger partial charge on any atom is 0.262 e. The first-order valence-corrected chi connectivity index (χ1v) is 14.9. The van der Waals surface area contributed by atoms with Crippen LogP contribution in [-0.4, -0.2) is 107 Å². The van der Waals surface area contributed by atoms with Gasteiger partial charge in [-0.15, -0.1) is 0 Å². The van der Waals surface area contributed by atoms with Crippen LogP contribution in [0.2, 0.25) is 0 Å². The highest BCUT2D eigenvalue weighted by Crippen LogP contribution is 2.37. The van der Waals surface area contributed by atoms with Crippen LogP contribution in [0.5, 0.6) is 23.0 Å². The predicted molar refractivity (Wildman–Crippen MR) is 169 cm³/mol. The molecule has 238 valence electrons. The summed E-state index contributed by atoms with van der Waals surface area (Å²) >= 11 is 0. The standard InChI is InChI=1S/C34H40N4O7/c1-41-26-9-5-24(6-10-26)31-22-30(29-14-13-28(43-3)21-32(29)44-4)35-38(31)33(39)23-37(16-15-36-17-19-45-20-18-36)34(40)25-7-11-27(42-2)12-8-25/h5-14,21,31H,15-20,22-23H2,1-4H3/t31-/m1/s1. The second-order valence-electron chi connectivity index (χ2n) is 10.8. The van der Waals surface area contributed by atoms with E-state index in [9.17, 15) is 9.59 Å². The minimum Gasteiger partial charge on any atom is -0.497 e. The first-order chi connectivity index (χ1) is 21.9. The van der Waals surface area contributed by atoms with Crippen molar-refractivity contribution in [2.24, 2.45) is 5.10 Å². The Morgan fingerprint density at radius 2 is 1.47 bits per heavy atom. The van der Waals surface area contributed by atoms with Crippen LogP contribution in [0.25, 0.3) is 0 Å². The van der Waals surface area contributed by atoms with Crippen molar-refractivity contribution in [3.05, 3.63) is 83.4 Å². The predicted octanol–water partition coefficient (Wildman–Crippen LogP) is 3.87. The number of morpholine rings is 1. The fourth-order valence-electron chi connectivity index (χ4n) is 5.52. The molecule has 1 fully saturated rings. The first-order valence-electron chi connectivity index (χ1n) is 14.9. The highest BCUT2D eigenvalue weighted by Gasteiger charge is 2.35. The second-order valence-corrected chi connectivity index (χ2v) is 10.8. The fourth-order valence-corrected chi connectivity index (χ4v) is 5.52. The van der Waals surface area contributed by atoms with E-state index in [0.717, 1.165) is 24.2 Å². The number of rotatable bonds is 12. The summed E-state index contributed by atoms with van der Waals surface area (Å²) in [5.74, 6) is 2.09. The van der Waals surface area contributed by atoms with Gasteiger partial charge in [-0.2, -0.15) is 5.10 Å². The number of methoxy groups -OCH3 is 4. The highest BCUT2D eigenvalue weighted by molar-refractivity contribution is 6.05. The number of nitrogens with zero attached hydrogens (tertiary/aromatic N) is 4. The molecule has 0 radical (unpaired) electrons. The van der Waals surface area contributed by atoms with E-state index in [1.165, 1.54) is 5.01 Å². The average Bonchev–Trinajstić information content (AvgIpc) is 3.55. The van der Waals surface area contributed by atoms with Gasteiger partial charge in [0.25, 0.3) is 11.8 Å². The van der Waals surface area contributed by atoms with Crippen LogP contribution in [0.4, 0.5) is 0 Å². The van der Waals surface area contributed by atoms with E-state index in [4.69, 9.17) is 28.8 Å². The summed E-state index contributed by atoms with van der Waals surface area (Å²) < 4.78 is 27.2. The molecule has 5 rings (SSSR count). The topological polar surface area (TPSA) is 102 Å². The molecule has 0 unspecified atom stereocenters. The Morgan fingerprint density at radius 1 is 0.844 bits per heavy atom. The van der Waals surface area contributed by atoms with Crippen molar-refractivity contribution in [3.8, 4) is 23.0 Å². The van der Waals surface area contributed by atoms with Gasteiger partial charge in [0, 0.05) is 49.8 Å². The van der Waals surface area contributed by atoms with Crippen LogP contribution >= 0.6 is 0 Å². The van der Waals surface area contributed by atoms with Crippen LogP contribution in [0.3, 0.4) is 0 Å². The summed E-state index contributed by atoms with van der Waals surface area (Å²) in [7, 11) is 6.38. The summed E-state index contributed by atoms with van der Waals surface area (Å²) in [6.45, 7) is 3.71. The Labute approximate surface area is 263 Å². The number of benzene rings is 3. The molecule has 11 nitrogen and oxygen atoms in total. The van der Waals surface area contributed by atoms with Gasteiger partial charge in [0.15, 0.2) is 0 Å². The van der Waals surface area contributed by atoms with Crippen LogP contribution in [0, 0.1) is 0 Å². The van der Waals surface area contributed by atoms with Crippen molar-refractivity contribution < 1.29 is 33.3 Å². The van der Waals surface area contributed by atoms with Crippen molar-refractivity contribution in [1.29, 1.82) is 0 Å². The monoisotopic (exact) mass is 616 g/mol. The average molecular weight is 617 g/mol. The maximum atomic E-state index is 14.2. The molecule has 3 aromatic rings. The Balaban J connectivity index is 1.44. The number of carbonyl (C=O) groups is 2. The lowest BCUT2D eigenvalue weighted by atomic mass is 9.97. The molecule has 2 heterocycles. The van der Waals surface area contributed by atoms with Crippen LogP contribution in [0.15, 0.2) is 71.8 Å². The van der Waals surface area contributed by atoms with E-state index >= 15 is 0 Å². The highest BCUT2D eigenvalue weighted by atomic mass is 16.5. The number of ether oxygens (including phenoxy) is 5. The molecule has 2 aliphatic rings. The molecule has 3 aromatic carbocycles. The Kier molecular flexibility index (Phi) is 10.5. The van der Waals surface area contributed by atoms with Gasteiger partial charge in [0.05, 0.1) is 53.4 Å². The normalized spacial score (nSPS) is 16.6. The van der Waals surface area contributed by atoms with E-state index < -0.39 is 0 Å². The van der Waals surface area contributed by atoms with Crippen molar-refractivity contribution in [1.82, 2.24) is 14.8 Å². The Morgan fingerprint density at radius 3 is 2.09 bits per heavy atom. The smallest absolute Gasteiger partial charge is 0.262 e. The van der Waals surface area contributed by atoms with Crippen molar-refractivity contribution in [3.63, 3.8) is 0 Å². The molecule has 1 saturated heterocycles. The van der Waals surface area contributed by atoms with E-state index in [1.54, 1.807) is 63.7 Å². The van der Waals surface area contributed by atoms with Crippen LogP contribution in [-0.2, 0) is 9.53 Å². The lowest BCUT2D eigenvalue weighted by Crippen LogP contribution is -2.46. The summed E-state index contributed by atoms with van der Waals surface area (Å²) in [5, 5.41) is 6.35. The Bertz CT molecular complexity index is 1490. The summed E-state index contributed by atoms with van der Waals surface area (Å²) in [4.78, 5) is 31.8. The quantitative estimate of drug-likeness (QED) is 0.302. The van der Waals surface area contributed by atoms with Crippen LogP contribution in [0.1, 0.15) is 33.9 Å². The van der Waals surface area contributed by atoms with Gasteiger partial charge in [-0.05, 0) is 54.1 Å². The summed E-state index contributed by atoms with van der Waals surface area (Å²) in [6.07, 6.45) is 0.459. The molecule has 0 spiro atoms. The zero-order valence-corrected chi connectivity index (χ0v) is 26.2. The molecule has 0 aliphatic carbocycles. The number of hydrazone groups is 1. The molecule has 0 N–H and O–H groups in total. The molecule has 0 saturated carbocycles. The molecule has 45 heavy (non-hydrogen) atoms. The fraction of sp³-hybridized carbons (Fsp3) is 0.382. The SMILES string of the molecule is COc1ccc(C(=O)N(CCN2CCOCC2)CC(=O)N2N=C(c3ccc(OC)cc3OC)C[C@@H]2c2ccc(OC)cc2)cc1. The second kappa shape index (κ2) is 14.9. The van der Waals surface area contributed by atoms with Crippen molar-refractivity contribution in [2.75, 3.05) is 74.4 Å². The van der Waals surface area contributed by atoms with E-state index in [0.29, 0.717) is 67.0 Å². The lowest BCUT2D eigenvalue weighted by molar-refractivity contribution is -0.133. The third kappa shape index (κ3) is 7.55. The van der Waals surface area contributed by atoms with Gasteiger partial charge in [0.1, 0.15) is 29.5 Å². The molecule has 1 atom stereocenters. The third-order valence-electron chi connectivity index (χ3n) is 8.13. The zero-order chi connectivity index (χ0) is 31.8. The number of hydrogen-bond acceptors (Lipinski definition) is 9. The minimum absolute atomic E-state index is 0.140. The van der Waals surface area contributed by atoms with Gasteiger partial charge in [-0.1, -0.05) is 12.1 Å². The number of hydrogen-bond donors (Lipinski definition) is 0. The molecule has 2 amide bonds. The number of carbonyl (C=O) groups excluding carboxylic acids is 2. The summed E-state index contributed by atoms with van der Waals surface area (Å²) in [5.41, 5.74) is 2.85. The molecule has 2 aliphatic heterocycles. The van der Waals surface area contributed by atoms with Crippen molar-refractivity contribution in [2.45, 2.75) is 12.5 Å². The molecular weight excluding hydrogens is 576 g/mol. The lowest BCUT2D eigenvalue weighted by Gasteiger charge is -2.31. The van der Waals surface area contributed by atoms with E-state index in [2.05, 4.69) is 4.90 Å². The van der Waals surface area contributed by atoms with Crippen molar-refractivity contribution >= 4 is 17.5 Å². The minimum atomic E-state index is -0.387. The molecular formula is C34H40N4O7. The largest absolute Gasteiger partial charge is 0.497 e. The van der Waals surface area contributed by atoms with Gasteiger partial charge < -0.3 is 28.6 Å². The molecule has 11 heteroatoms.